The molecule has 1 atom stereocenters. The summed E-state index contributed by atoms with van der Waals surface area (Å²) in [5.74, 6) is 0.715. The second-order valence-corrected chi connectivity index (χ2v) is 6.99. The Hall–Kier alpha value is -3.08. The first-order valence-electron chi connectivity index (χ1n) is 9.75. The lowest BCUT2D eigenvalue weighted by Crippen LogP contribution is -2.30. The summed E-state index contributed by atoms with van der Waals surface area (Å²) in [6, 6.07) is 14.3. The second-order valence-electron chi connectivity index (χ2n) is 6.99. The zero-order valence-electron chi connectivity index (χ0n) is 16.1. The molecule has 0 saturated heterocycles. The summed E-state index contributed by atoms with van der Waals surface area (Å²) in [5, 5.41) is 0.500. The van der Waals surface area contributed by atoms with Gasteiger partial charge < -0.3 is 14.1 Å². The Balaban J connectivity index is 1.85. The van der Waals surface area contributed by atoms with Crippen LogP contribution in [0.2, 0.25) is 0 Å². The topological polar surface area (TPSA) is 59.8 Å². The highest BCUT2D eigenvalue weighted by molar-refractivity contribution is 5.99. The predicted molar refractivity (Wildman–Crippen MR) is 108 cm³/mol. The van der Waals surface area contributed by atoms with E-state index < -0.39 is 6.04 Å². The van der Waals surface area contributed by atoms with Gasteiger partial charge in [0.1, 0.15) is 11.3 Å². The third-order valence-electron chi connectivity index (χ3n) is 5.01. The van der Waals surface area contributed by atoms with Crippen LogP contribution in [-0.2, 0) is 0 Å². The first-order chi connectivity index (χ1) is 13.7. The number of rotatable bonds is 6. The Morgan fingerprint density at radius 3 is 2.46 bits per heavy atom. The van der Waals surface area contributed by atoms with E-state index in [0.29, 0.717) is 29.7 Å². The van der Waals surface area contributed by atoms with E-state index in [0.717, 1.165) is 24.2 Å². The Morgan fingerprint density at radius 1 is 1.00 bits per heavy atom. The van der Waals surface area contributed by atoms with Crippen LogP contribution >= 0.6 is 0 Å². The number of hydrogen-bond acceptors (Lipinski definition) is 4. The number of ether oxygens (including phenoxy) is 1. The molecule has 0 fully saturated rings. The van der Waals surface area contributed by atoms with E-state index in [1.165, 1.54) is 0 Å². The van der Waals surface area contributed by atoms with Crippen molar-refractivity contribution in [3.05, 3.63) is 75.6 Å². The highest BCUT2D eigenvalue weighted by Gasteiger charge is 2.42. The van der Waals surface area contributed by atoms with Gasteiger partial charge in [0, 0.05) is 6.54 Å². The van der Waals surface area contributed by atoms with E-state index in [9.17, 15) is 9.59 Å². The van der Waals surface area contributed by atoms with Gasteiger partial charge in [-0.3, -0.25) is 9.59 Å². The largest absolute Gasteiger partial charge is 0.494 e. The lowest BCUT2D eigenvalue weighted by atomic mass is 9.98. The molecule has 4 rings (SSSR count). The van der Waals surface area contributed by atoms with Crippen LogP contribution in [0.1, 0.15) is 54.4 Å². The molecule has 0 aliphatic carbocycles. The number of nitrogens with zero attached hydrogens (tertiary/aromatic N) is 1. The van der Waals surface area contributed by atoms with Crippen LogP contribution in [0.25, 0.3) is 11.0 Å². The van der Waals surface area contributed by atoms with Crippen molar-refractivity contribution in [3.63, 3.8) is 0 Å². The minimum absolute atomic E-state index is 0.139. The van der Waals surface area contributed by atoms with Gasteiger partial charge in [0.15, 0.2) is 5.43 Å². The molecule has 5 nitrogen and oxygen atoms in total. The molecular weight excluding hydrogens is 354 g/mol. The van der Waals surface area contributed by atoms with E-state index in [1.807, 2.05) is 31.2 Å². The maximum atomic E-state index is 13.2. The zero-order chi connectivity index (χ0) is 19.7. The molecule has 5 heteroatoms. The smallest absolute Gasteiger partial charge is 0.290 e. The monoisotopic (exact) mass is 377 g/mol. The van der Waals surface area contributed by atoms with Crippen molar-refractivity contribution in [2.24, 2.45) is 0 Å². The van der Waals surface area contributed by atoms with E-state index >= 15 is 0 Å². The van der Waals surface area contributed by atoms with E-state index in [4.69, 9.17) is 9.15 Å². The van der Waals surface area contributed by atoms with Gasteiger partial charge in [-0.25, -0.2) is 0 Å². The van der Waals surface area contributed by atoms with Crippen molar-refractivity contribution in [1.29, 1.82) is 0 Å². The molecule has 0 radical (unpaired) electrons. The minimum atomic E-state index is -0.441. The third-order valence-corrected chi connectivity index (χ3v) is 5.01. The van der Waals surface area contributed by atoms with Gasteiger partial charge in [0.2, 0.25) is 5.76 Å². The maximum absolute atomic E-state index is 13.2. The normalized spacial score (nSPS) is 15.9. The standard InChI is InChI=1S/C23H23NO4/c1-3-13-24-20(15-9-11-16(12-10-15)27-14-4-2)19-21(25)17-7-5-6-8-18(17)28-22(19)23(24)26/h5-12,20H,3-4,13-14H2,1-2H3. The summed E-state index contributed by atoms with van der Waals surface area (Å²) in [7, 11) is 0. The minimum Gasteiger partial charge on any atom is -0.494 e. The molecule has 1 aliphatic rings. The summed E-state index contributed by atoms with van der Waals surface area (Å²) in [6.45, 7) is 5.28. The average molecular weight is 377 g/mol. The molecule has 1 aliphatic heterocycles. The first kappa shape index (κ1) is 18.3. The SMILES string of the molecule is CCCOc1ccc(C2c3c(oc4ccccc4c3=O)C(=O)N2CCC)cc1. The van der Waals surface area contributed by atoms with Crippen molar-refractivity contribution in [3.8, 4) is 5.75 Å². The molecule has 0 saturated carbocycles. The summed E-state index contributed by atoms with van der Waals surface area (Å²) in [4.78, 5) is 28.0. The molecule has 3 aromatic rings. The summed E-state index contributed by atoms with van der Waals surface area (Å²) < 4.78 is 11.5. The molecule has 1 aromatic heterocycles. The molecule has 1 amide bonds. The number of amides is 1. The number of para-hydroxylation sites is 1. The number of benzene rings is 2. The Bertz CT molecular complexity index is 1070. The van der Waals surface area contributed by atoms with Gasteiger partial charge in [-0.05, 0) is 42.7 Å². The van der Waals surface area contributed by atoms with Crippen molar-refractivity contribution in [1.82, 2.24) is 4.90 Å². The molecule has 0 N–H and O–H groups in total. The van der Waals surface area contributed by atoms with Crippen LogP contribution in [0.4, 0.5) is 0 Å². The van der Waals surface area contributed by atoms with Gasteiger partial charge in [-0.15, -0.1) is 0 Å². The Labute approximate surface area is 163 Å². The quantitative estimate of drug-likeness (QED) is 0.633. The number of carbonyl (C=O) groups is 1. The molecule has 0 spiro atoms. The van der Waals surface area contributed by atoms with Crippen LogP contribution in [0.5, 0.6) is 5.75 Å². The van der Waals surface area contributed by atoms with Gasteiger partial charge >= 0.3 is 0 Å². The molecular formula is C23H23NO4. The van der Waals surface area contributed by atoms with Crippen LogP contribution in [-0.4, -0.2) is 24.0 Å². The van der Waals surface area contributed by atoms with E-state index in [2.05, 4.69) is 6.92 Å². The molecule has 28 heavy (non-hydrogen) atoms. The molecule has 144 valence electrons. The Morgan fingerprint density at radius 2 is 1.75 bits per heavy atom. The van der Waals surface area contributed by atoms with Crippen LogP contribution in [0.15, 0.2) is 57.7 Å². The number of fused-ring (bicyclic) bond motifs is 2. The zero-order valence-corrected chi connectivity index (χ0v) is 16.1. The predicted octanol–water partition coefficient (Wildman–Crippen LogP) is 4.54. The van der Waals surface area contributed by atoms with Gasteiger partial charge in [-0.1, -0.05) is 38.1 Å². The van der Waals surface area contributed by atoms with Gasteiger partial charge in [-0.2, -0.15) is 0 Å². The highest BCUT2D eigenvalue weighted by Crippen LogP contribution is 2.38. The van der Waals surface area contributed by atoms with Gasteiger partial charge in [0.05, 0.1) is 23.6 Å². The van der Waals surface area contributed by atoms with Crippen molar-refractivity contribution >= 4 is 16.9 Å². The summed E-state index contributed by atoms with van der Waals surface area (Å²) in [6.07, 6.45) is 1.73. The van der Waals surface area contributed by atoms with Crippen molar-refractivity contribution in [2.45, 2.75) is 32.7 Å². The summed E-state index contributed by atoms with van der Waals surface area (Å²) >= 11 is 0. The van der Waals surface area contributed by atoms with Crippen LogP contribution in [0, 0.1) is 0 Å². The molecule has 2 heterocycles. The summed E-state index contributed by atoms with van der Waals surface area (Å²) in [5.41, 5.74) is 1.62. The van der Waals surface area contributed by atoms with E-state index in [1.54, 1.807) is 29.2 Å². The lowest BCUT2D eigenvalue weighted by molar-refractivity contribution is 0.0728. The molecule has 0 bridgehead atoms. The third kappa shape index (κ3) is 2.97. The highest BCUT2D eigenvalue weighted by atomic mass is 16.5. The van der Waals surface area contributed by atoms with Crippen molar-refractivity contribution in [2.75, 3.05) is 13.2 Å². The number of hydrogen-bond donors (Lipinski definition) is 0. The molecule has 1 unspecified atom stereocenters. The first-order valence-corrected chi connectivity index (χ1v) is 9.75. The lowest BCUT2D eigenvalue weighted by Gasteiger charge is -2.24. The fourth-order valence-corrected chi connectivity index (χ4v) is 3.75. The van der Waals surface area contributed by atoms with Crippen LogP contribution in [0.3, 0.4) is 0 Å². The Kier molecular flexibility index (Phi) is 4.90. The van der Waals surface area contributed by atoms with Crippen molar-refractivity contribution < 1.29 is 13.9 Å². The second kappa shape index (κ2) is 7.50. The average Bonchev–Trinajstić information content (AvgIpc) is 3.00. The van der Waals surface area contributed by atoms with E-state index in [-0.39, 0.29) is 17.1 Å². The number of carbonyl (C=O) groups excluding carboxylic acids is 1. The fourth-order valence-electron chi connectivity index (χ4n) is 3.75. The molecule has 2 aromatic carbocycles. The fraction of sp³-hybridized carbons (Fsp3) is 0.304. The maximum Gasteiger partial charge on any atom is 0.290 e. The van der Waals surface area contributed by atoms with Crippen LogP contribution < -0.4 is 10.2 Å². The van der Waals surface area contributed by atoms with Gasteiger partial charge in [0.25, 0.3) is 5.91 Å².